The highest BCUT2D eigenvalue weighted by molar-refractivity contribution is 6.06. The first kappa shape index (κ1) is 18.6. The number of rotatable bonds is 1. The summed E-state index contributed by atoms with van der Waals surface area (Å²) in [6.45, 7) is 6.95. The van der Waals surface area contributed by atoms with Crippen LogP contribution in [-0.4, -0.2) is 15.6 Å². The Labute approximate surface area is 170 Å². The maximum absolute atomic E-state index is 13.5. The van der Waals surface area contributed by atoms with Gasteiger partial charge in [0.05, 0.1) is 5.69 Å². The minimum atomic E-state index is -0.124. The second-order valence-electron chi connectivity index (χ2n) is 10.9. The zero-order valence-electron chi connectivity index (χ0n) is 18.1. The quantitative estimate of drug-likeness (QED) is 0.584. The Balaban J connectivity index is 1.47. The van der Waals surface area contributed by atoms with E-state index < -0.39 is 0 Å². The van der Waals surface area contributed by atoms with Crippen LogP contribution in [0.5, 0.6) is 0 Å². The number of hydrogen-bond donors (Lipinski definition) is 0. The maximum Gasteiger partial charge on any atom is 0.165 e. The molecule has 1 heterocycles. The van der Waals surface area contributed by atoms with Crippen LogP contribution >= 0.6 is 0 Å². The van der Waals surface area contributed by atoms with Gasteiger partial charge in [0, 0.05) is 24.2 Å². The summed E-state index contributed by atoms with van der Waals surface area (Å²) in [6.07, 6.45) is 16.1. The van der Waals surface area contributed by atoms with Crippen molar-refractivity contribution in [2.45, 2.75) is 78.6 Å². The lowest BCUT2D eigenvalue weighted by Gasteiger charge is -2.59. The number of aryl methyl sites for hydroxylation is 2. The molecule has 0 saturated heterocycles. The normalized spacial score (nSPS) is 44.3. The van der Waals surface area contributed by atoms with Gasteiger partial charge < -0.3 is 0 Å². The molecule has 152 valence electrons. The lowest BCUT2D eigenvalue weighted by molar-refractivity contribution is -0.137. The van der Waals surface area contributed by atoms with Crippen molar-refractivity contribution in [3.8, 4) is 0 Å². The fraction of sp³-hybridized carbons (Fsp3) is 0.760. The Morgan fingerprint density at radius 2 is 1.93 bits per heavy atom. The third-order valence-electron chi connectivity index (χ3n) is 9.60. The van der Waals surface area contributed by atoms with E-state index in [9.17, 15) is 4.79 Å². The van der Waals surface area contributed by atoms with Gasteiger partial charge in [0.25, 0.3) is 0 Å². The van der Waals surface area contributed by atoms with Crippen LogP contribution in [0.4, 0.5) is 0 Å². The van der Waals surface area contributed by atoms with Gasteiger partial charge >= 0.3 is 0 Å². The average molecular weight is 381 g/mol. The first-order valence-electron chi connectivity index (χ1n) is 11.6. The smallest absolute Gasteiger partial charge is 0.165 e. The van der Waals surface area contributed by atoms with Gasteiger partial charge in [0.15, 0.2) is 5.78 Å². The number of allylic oxidation sites excluding steroid dienone is 1. The molecule has 3 heteroatoms. The van der Waals surface area contributed by atoms with Crippen LogP contribution in [0, 0.1) is 41.4 Å². The van der Waals surface area contributed by atoms with Crippen molar-refractivity contribution in [3.63, 3.8) is 0 Å². The molecule has 0 aromatic carbocycles. The van der Waals surface area contributed by atoms with E-state index in [0.29, 0.717) is 17.1 Å². The van der Waals surface area contributed by atoms with Crippen LogP contribution in [0.25, 0.3) is 6.08 Å². The molecule has 0 aliphatic heterocycles. The van der Waals surface area contributed by atoms with Gasteiger partial charge in [-0.3, -0.25) is 9.48 Å². The highest BCUT2D eigenvalue weighted by Gasteiger charge is 2.60. The van der Waals surface area contributed by atoms with E-state index in [2.05, 4.69) is 31.2 Å². The summed E-state index contributed by atoms with van der Waals surface area (Å²) in [5.41, 5.74) is 3.63. The van der Waals surface area contributed by atoms with Crippen LogP contribution in [0.3, 0.4) is 0 Å². The lowest BCUT2D eigenvalue weighted by Crippen LogP contribution is -2.52. The number of aromatic nitrogens is 2. The molecule has 1 aromatic rings. The van der Waals surface area contributed by atoms with Crippen molar-refractivity contribution in [1.82, 2.24) is 9.78 Å². The molecule has 4 saturated carbocycles. The van der Waals surface area contributed by atoms with Crippen LogP contribution in [0.1, 0.15) is 82.9 Å². The predicted octanol–water partition coefficient (Wildman–Crippen LogP) is 5.72. The largest absolute Gasteiger partial charge is 0.294 e. The van der Waals surface area contributed by atoms with Crippen LogP contribution in [0.2, 0.25) is 0 Å². The Hall–Kier alpha value is -1.38. The zero-order chi connectivity index (χ0) is 19.7. The average Bonchev–Trinajstić information content (AvgIpc) is 3.11. The molecule has 0 N–H and O–H groups in total. The Kier molecular flexibility index (Phi) is 4.20. The molecule has 4 fully saturated rings. The molecule has 0 amide bonds. The van der Waals surface area contributed by atoms with E-state index in [1.54, 1.807) is 0 Å². The van der Waals surface area contributed by atoms with E-state index >= 15 is 0 Å². The van der Waals surface area contributed by atoms with Gasteiger partial charge in [0.1, 0.15) is 0 Å². The molecular weight excluding hydrogens is 344 g/mol. The molecule has 28 heavy (non-hydrogen) atoms. The monoisotopic (exact) mass is 380 g/mol. The van der Waals surface area contributed by atoms with E-state index in [1.807, 2.05) is 18.7 Å². The van der Waals surface area contributed by atoms with Crippen molar-refractivity contribution in [2.24, 2.45) is 41.5 Å². The van der Waals surface area contributed by atoms with Gasteiger partial charge in [-0.05, 0) is 92.6 Å². The molecule has 4 aliphatic rings. The molecular formula is C25H36N2O. The summed E-state index contributed by atoms with van der Waals surface area (Å²) in [7, 11) is 1.96. The van der Waals surface area contributed by atoms with E-state index in [-0.39, 0.29) is 5.41 Å². The SMILES string of the molecule is Cc1nn(C)cc1/C=C1/C[C@@H]2[C@H]3CC[C@@H]4CCCC[C@]4(C)[C@@H]3CC[C@@]2(C)C1=O. The number of ketones is 1. The minimum absolute atomic E-state index is 0.124. The first-order chi connectivity index (χ1) is 13.3. The summed E-state index contributed by atoms with van der Waals surface area (Å²) in [5.74, 6) is 3.54. The van der Waals surface area contributed by atoms with Gasteiger partial charge in [-0.2, -0.15) is 5.10 Å². The maximum atomic E-state index is 13.5. The molecule has 5 rings (SSSR count). The summed E-state index contributed by atoms with van der Waals surface area (Å²) in [6, 6.07) is 0. The first-order valence-corrected chi connectivity index (χ1v) is 11.6. The standard InChI is InChI=1S/C25H36N2O/c1-16-18(15-27(4)26-16)13-17-14-22-20-9-8-19-7-5-6-11-24(19,2)21(20)10-12-25(22,3)23(17)28/h13,15,19-22H,5-12,14H2,1-4H3/b17-13-/t19-,20-,21+,22+,24-,25+/m0/s1. The second-order valence-corrected chi connectivity index (χ2v) is 10.9. The van der Waals surface area contributed by atoms with Crippen molar-refractivity contribution in [3.05, 3.63) is 23.0 Å². The summed E-state index contributed by atoms with van der Waals surface area (Å²) in [4.78, 5) is 13.5. The van der Waals surface area contributed by atoms with E-state index in [4.69, 9.17) is 0 Å². The Morgan fingerprint density at radius 3 is 2.68 bits per heavy atom. The van der Waals surface area contributed by atoms with Crippen LogP contribution in [-0.2, 0) is 11.8 Å². The highest BCUT2D eigenvalue weighted by Crippen LogP contribution is 2.66. The van der Waals surface area contributed by atoms with Crippen molar-refractivity contribution in [1.29, 1.82) is 0 Å². The van der Waals surface area contributed by atoms with Crippen molar-refractivity contribution < 1.29 is 4.79 Å². The third kappa shape index (κ3) is 2.53. The minimum Gasteiger partial charge on any atom is -0.294 e. The molecule has 3 nitrogen and oxygen atoms in total. The van der Waals surface area contributed by atoms with Crippen LogP contribution < -0.4 is 0 Å². The fourth-order valence-electron chi connectivity index (χ4n) is 8.04. The number of hydrogen-bond acceptors (Lipinski definition) is 2. The number of Topliss-reactive ketones (excluding diaryl/α,β-unsaturated/α-hetero) is 1. The molecule has 4 aliphatic carbocycles. The Bertz CT molecular complexity index is 836. The van der Waals surface area contributed by atoms with Gasteiger partial charge in [-0.15, -0.1) is 0 Å². The molecule has 0 unspecified atom stereocenters. The molecule has 6 atom stereocenters. The third-order valence-corrected chi connectivity index (χ3v) is 9.60. The van der Waals surface area contributed by atoms with Gasteiger partial charge in [-0.1, -0.05) is 26.7 Å². The topological polar surface area (TPSA) is 34.9 Å². The Morgan fingerprint density at radius 1 is 1.11 bits per heavy atom. The lowest BCUT2D eigenvalue weighted by atomic mass is 9.45. The van der Waals surface area contributed by atoms with E-state index in [0.717, 1.165) is 47.4 Å². The van der Waals surface area contributed by atoms with Gasteiger partial charge in [-0.25, -0.2) is 0 Å². The summed E-state index contributed by atoms with van der Waals surface area (Å²) < 4.78 is 1.86. The molecule has 0 radical (unpaired) electrons. The predicted molar refractivity (Wildman–Crippen MR) is 113 cm³/mol. The fourth-order valence-corrected chi connectivity index (χ4v) is 8.04. The zero-order valence-corrected chi connectivity index (χ0v) is 18.1. The number of carbonyl (C=O) groups excluding carboxylic acids is 1. The van der Waals surface area contributed by atoms with Crippen molar-refractivity contribution >= 4 is 11.9 Å². The number of nitrogens with zero attached hydrogens (tertiary/aromatic N) is 2. The van der Waals surface area contributed by atoms with Gasteiger partial charge in [0.2, 0.25) is 0 Å². The molecule has 0 bridgehead atoms. The summed E-state index contributed by atoms with van der Waals surface area (Å²) >= 11 is 0. The van der Waals surface area contributed by atoms with Crippen LogP contribution in [0.15, 0.2) is 11.8 Å². The second kappa shape index (κ2) is 6.31. The highest BCUT2D eigenvalue weighted by atomic mass is 16.1. The van der Waals surface area contributed by atoms with Crippen molar-refractivity contribution in [2.75, 3.05) is 0 Å². The van der Waals surface area contributed by atoms with E-state index in [1.165, 1.54) is 44.9 Å². The summed E-state index contributed by atoms with van der Waals surface area (Å²) in [5, 5.41) is 4.47. The number of carbonyl (C=O) groups is 1. The molecule has 1 aromatic heterocycles. The number of fused-ring (bicyclic) bond motifs is 5. The molecule has 0 spiro atoms.